The van der Waals surface area contributed by atoms with E-state index in [1.165, 1.54) is 12.1 Å². The molecule has 1 aromatic carbocycles. The van der Waals surface area contributed by atoms with Crippen molar-refractivity contribution in [1.29, 1.82) is 0 Å². The summed E-state index contributed by atoms with van der Waals surface area (Å²) in [4.78, 5) is 20.7. The molecule has 1 aromatic heterocycles. The highest BCUT2D eigenvalue weighted by atomic mass is 19.1. The highest BCUT2D eigenvalue weighted by Gasteiger charge is 2.26. The van der Waals surface area contributed by atoms with Crippen LogP contribution in [-0.2, 0) is 4.79 Å². The van der Waals surface area contributed by atoms with Gasteiger partial charge in [0.05, 0.1) is 17.8 Å². The summed E-state index contributed by atoms with van der Waals surface area (Å²) in [5, 5.41) is 12.2. The first-order valence-electron chi connectivity index (χ1n) is 10.1. The molecule has 8 heteroatoms. The minimum atomic E-state index is -0.299. The smallest absolute Gasteiger partial charge is 0.237 e. The van der Waals surface area contributed by atoms with E-state index in [0.29, 0.717) is 41.9 Å². The van der Waals surface area contributed by atoms with Crippen LogP contribution in [0.1, 0.15) is 31.7 Å². The highest BCUT2D eigenvalue weighted by Crippen LogP contribution is 2.17. The van der Waals surface area contributed by atoms with Gasteiger partial charge < -0.3 is 21.3 Å². The average molecular weight is 410 g/mol. The molecule has 2 atom stereocenters. The fraction of sp³-hybridized carbons (Fsp3) is 0.409. The summed E-state index contributed by atoms with van der Waals surface area (Å²) in [5.74, 6) is 7.50. The first-order chi connectivity index (χ1) is 14.5. The van der Waals surface area contributed by atoms with Gasteiger partial charge in [0.2, 0.25) is 11.9 Å². The minimum absolute atomic E-state index is 0.0662. The van der Waals surface area contributed by atoms with Crippen molar-refractivity contribution < 1.29 is 9.18 Å². The maximum absolute atomic E-state index is 13.0. The summed E-state index contributed by atoms with van der Waals surface area (Å²) >= 11 is 0. The van der Waals surface area contributed by atoms with Crippen molar-refractivity contribution in [1.82, 2.24) is 20.6 Å². The Hall–Kier alpha value is -3.18. The maximum Gasteiger partial charge on any atom is 0.237 e. The van der Waals surface area contributed by atoms with E-state index in [0.717, 1.165) is 19.4 Å². The number of carbonyl (C=O) groups excluding carboxylic acids is 1. The molecule has 0 bridgehead atoms. The Bertz CT molecular complexity index is 921. The Morgan fingerprint density at radius 2 is 2.13 bits per heavy atom. The lowest BCUT2D eigenvalue weighted by Gasteiger charge is -2.10. The lowest BCUT2D eigenvalue weighted by Crippen LogP contribution is -2.40. The van der Waals surface area contributed by atoms with Crippen molar-refractivity contribution >= 4 is 23.4 Å². The van der Waals surface area contributed by atoms with E-state index in [1.54, 1.807) is 25.4 Å². The van der Waals surface area contributed by atoms with Crippen LogP contribution in [0, 0.1) is 23.6 Å². The molecule has 0 saturated carbocycles. The third-order valence-electron chi connectivity index (χ3n) is 4.79. The Balaban J connectivity index is 1.47. The zero-order valence-electron chi connectivity index (χ0n) is 17.3. The lowest BCUT2D eigenvalue weighted by atomic mass is 10.1. The summed E-state index contributed by atoms with van der Waals surface area (Å²) in [5.41, 5.74) is 1.39. The number of benzene rings is 1. The quantitative estimate of drug-likeness (QED) is 0.414. The predicted octanol–water partition coefficient (Wildman–Crippen LogP) is 2.65. The second-order valence-electron chi connectivity index (χ2n) is 7.34. The van der Waals surface area contributed by atoms with Gasteiger partial charge in [-0.25, -0.2) is 9.37 Å². The van der Waals surface area contributed by atoms with Crippen LogP contribution in [0.5, 0.6) is 0 Å². The Morgan fingerprint density at radius 1 is 1.33 bits per heavy atom. The number of hydrogen-bond donors (Lipinski definition) is 4. The first kappa shape index (κ1) is 21.5. The van der Waals surface area contributed by atoms with Crippen LogP contribution in [0.4, 0.5) is 21.8 Å². The fourth-order valence-corrected chi connectivity index (χ4v) is 3.17. The molecule has 1 amide bonds. The Morgan fingerprint density at radius 3 is 2.83 bits per heavy atom. The van der Waals surface area contributed by atoms with E-state index < -0.39 is 0 Å². The van der Waals surface area contributed by atoms with Crippen LogP contribution in [0.15, 0.2) is 30.5 Å². The first-order valence-corrected chi connectivity index (χ1v) is 10.1. The van der Waals surface area contributed by atoms with Gasteiger partial charge in [-0.1, -0.05) is 18.8 Å². The van der Waals surface area contributed by atoms with Crippen molar-refractivity contribution in [3.8, 4) is 11.8 Å². The van der Waals surface area contributed by atoms with Crippen LogP contribution in [0.2, 0.25) is 0 Å². The summed E-state index contributed by atoms with van der Waals surface area (Å²) < 4.78 is 13.0. The van der Waals surface area contributed by atoms with Gasteiger partial charge in [0.25, 0.3) is 0 Å². The summed E-state index contributed by atoms with van der Waals surface area (Å²) in [7, 11) is 1.77. The number of nitrogens with one attached hydrogen (secondary N) is 4. The van der Waals surface area contributed by atoms with E-state index >= 15 is 0 Å². The van der Waals surface area contributed by atoms with Crippen LogP contribution in [-0.4, -0.2) is 42.1 Å². The molecule has 4 N–H and O–H groups in total. The molecule has 1 saturated heterocycles. The lowest BCUT2D eigenvalue weighted by molar-refractivity contribution is -0.122. The van der Waals surface area contributed by atoms with Gasteiger partial charge in [0.15, 0.2) is 0 Å². The van der Waals surface area contributed by atoms with Crippen molar-refractivity contribution in [2.24, 2.45) is 5.92 Å². The number of carbonyl (C=O) groups is 1. The van der Waals surface area contributed by atoms with Crippen molar-refractivity contribution in [3.63, 3.8) is 0 Å². The Kier molecular flexibility index (Phi) is 7.57. The molecule has 0 aliphatic carbocycles. The van der Waals surface area contributed by atoms with Gasteiger partial charge in [-0.05, 0) is 49.6 Å². The van der Waals surface area contributed by atoms with Crippen molar-refractivity contribution in [2.75, 3.05) is 30.8 Å². The van der Waals surface area contributed by atoms with Crippen LogP contribution < -0.4 is 21.3 Å². The number of amides is 1. The molecule has 1 unspecified atom stereocenters. The second kappa shape index (κ2) is 10.6. The third-order valence-corrected chi connectivity index (χ3v) is 4.79. The maximum atomic E-state index is 13.0. The molecule has 0 radical (unpaired) electrons. The molecule has 1 fully saturated rings. The van der Waals surface area contributed by atoms with Crippen LogP contribution >= 0.6 is 0 Å². The third kappa shape index (κ3) is 6.16. The van der Waals surface area contributed by atoms with Gasteiger partial charge in [-0.3, -0.25) is 4.79 Å². The molecule has 0 spiro atoms. The van der Waals surface area contributed by atoms with Gasteiger partial charge in [0, 0.05) is 25.7 Å². The van der Waals surface area contributed by atoms with Crippen molar-refractivity contribution in [3.05, 3.63) is 41.8 Å². The highest BCUT2D eigenvalue weighted by molar-refractivity contribution is 5.82. The molecule has 1 aliphatic heterocycles. The normalized spacial score (nSPS) is 17.7. The summed E-state index contributed by atoms with van der Waals surface area (Å²) in [6.07, 6.45) is 3.98. The van der Waals surface area contributed by atoms with E-state index in [-0.39, 0.29) is 17.8 Å². The molecule has 3 rings (SSSR count). The van der Waals surface area contributed by atoms with E-state index in [2.05, 4.69) is 50.0 Å². The van der Waals surface area contributed by atoms with E-state index in [4.69, 9.17) is 0 Å². The molecule has 1 aliphatic rings. The van der Waals surface area contributed by atoms with Gasteiger partial charge >= 0.3 is 0 Å². The number of halogens is 1. The SMILES string of the molecule is CNc1nc(Nc2ccc(F)cc2)ncc1C#CCCCNC(=O)C1C[C@H](C)CN1. The van der Waals surface area contributed by atoms with Gasteiger partial charge in [-0.15, -0.1) is 0 Å². The zero-order chi connectivity index (χ0) is 21.3. The van der Waals surface area contributed by atoms with E-state index in [1.807, 2.05) is 0 Å². The molecule has 158 valence electrons. The standard InChI is InChI=1S/C22H27FN6O/c1-15-12-19(26-13-15)21(30)25-11-5-3-4-6-16-14-27-22(29-20(16)24-2)28-18-9-7-17(23)8-10-18/h7-10,14-15,19,26H,3,5,11-13H2,1-2H3,(H,25,30)(H2,24,27,28,29)/t15-,19?/m0/s1. The second-order valence-corrected chi connectivity index (χ2v) is 7.34. The molecular weight excluding hydrogens is 383 g/mol. The monoisotopic (exact) mass is 410 g/mol. The fourth-order valence-electron chi connectivity index (χ4n) is 3.17. The van der Waals surface area contributed by atoms with Gasteiger partial charge in [-0.2, -0.15) is 4.98 Å². The van der Waals surface area contributed by atoms with Crippen molar-refractivity contribution in [2.45, 2.75) is 32.2 Å². The largest absolute Gasteiger partial charge is 0.372 e. The van der Waals surface area contributed by atoms with Crippen LogP contribution in [0.3, 0.4) is 0 Å². The molecule has 2 aromatic rings. The number of hydrogen-bond acceptors (Lipinski definition) is 6. The molecule has 30 heavy (non-hydrogen) atoms. The number of unbranched alkanes of at least 4 members (excludes halogenated alkanes) is 1. The zero-order valence-corrected chi connectivity index (χ0v) is 17.3. The number of anilines is 3. The van der Waals surface area contributed by atoms with Crippen LogP contribution in [0.25, 0.3) is 0 Å². The van der Waals surface area contributed by atoms with E-state index in [9.17, 15) is 9.18 Å². The average Bonchev–Trinajstić information content (AvgIpc) is 3.19. The molecular formula is C22H27FN6O. The Labute approximate surface area is 176 Å². The molecule has 2 heterocycles. The summed E-state index contributed by atoms with van der Waals surface area (Å²) in [6.45, 7) is 3.65. The number of nitrogens with zero attached hydrogens (tertiary/aromatic N) is 2. The minimum Gasteiger partial charge on any atom is -0.372 e. The topological polar surface area (TPSA) is 91.0 Å². The summed E-state index contributed by atoms with van der Waals surface area (Å²) in [6, 6.07) is 5.91. The molecule has 7 nitrogen and oxygen atoms in total. The number of rotatable bonds is 7. The predicted molar refractivity (Wildman–Crippen MR) is 116 cm³/mol. The number of aromatic nitrogens is 2. The van der Waals surface area contributed by atoms with Gasteiger partial charge in [0.1, 0.15) is 11.6 Å².